The fourth-order valence-corrected chi connectivity index (χ4v) is 2.47. The summed E-state index contributed by atoms with van der Waals surface area (Å²) in [5, 5.41) is 0.592. The summed E-state index contributed by atoms with van der Waals surface area (Å²) in [7, 11) is 0. The van der Waals surface area contributed by atoms with Gasteiger partial charge in [-0.3, -0.25) is 0 Å². The van der Waals surface area contributed by atoms with Crippen LogP contribution < -0.4 is 4.90 Å². The lowest BCUT2D eigenvalue weighted by Gasteiger charge is -2.27. The van der Waals surface area contributed by atoms with Crippen LogP contribution >= 0.6 is 27.5 Å². The van der Waals surface area contributed by atoms with Gasteiger partial charge in [0, 0.05) is 9.50 Å². The first kappa shape index (κ1) is 12.4. The third-order valence-electron chi connectivity index (χ3n) is 2.44. The molecule has 1 aliphatic rings. The van der Waals surface area contributed by atoms with E-state index in [1.165, 1.54) is 0 Å². The maximum Gasteiger partial charge on any atom is 0.333 e. The highest BCUT2D eigenvalue weighted by atomic mass is 79.9. The van der Waals surface area contributed by atoms with Gasteiger partial charge in [0.1, 0.15) is 13.1 Å². The Morgan fingerprint density at radius 3 is 2.47 bits per heavy atom. The van der Waals surface area contributed by atoms with Gasteiger partial charge in [-0.2, -0.15) is 0 Å². The van der Waals surface area contributed by atoms with Crippen molar-refractivity contribution < 1.29 is 14.3 Å². The number of carbonyl (C=O) groups excluding carboxylic acids is 2. The number of anilines is 1. The maximum absolute atomic E-state index is 11.2. The molecule has 0 aromatic heterocycles. The number of esters is 2. The van der Waals surface area contributed by atoms with E-state index < -0.39 is 11.9 Å². The molecule has 2 rings (SSSR count). The van der Waals surface area contributed by atoms with Crippen LogP contribution in [0.4, 0.5) is 5.69 Å². The number of morpholine rings is 1. The molecule has 17 heavy (non-hydrogen) atoms. The second kappa shape index (κ2) is 4.66. The molecule has 0 bridgehead atoms. The van der Waals surface area contributed by atoms with Crippen LogP contribution in [-0.4, -0.2) is 25.0 Å². The molecule has 0 amide bonds. The third kappa shape index (κ3) is 2.61. The number of nitrogens with zero attached hydrogens (tertiary/aromatic N) is 1. The number of ether oxygens (including phenoxy) is 1. The molecule has 1 aromatic rings. The van der Waals surface area contributed by atoms with Crippen molar-refractivity contribution in [2.75, 3.05) is 18.0 Å². The maximum atomic E-state index is 11.2. The lowest BCUT2D eigenvalue weighted by atomic mass is 10.2. The van der Waals surface area contributed by atoms with Crippen molar-refractivity contribution in [2.45, 2.75) is 6.92 Å². The molecule has 0 radical (unpaired) electrons. The fraction of sp³-hybridized carbons (Fsp3) is 0.273. The number of benzene rings is 1. The molecule has 0 spiro atoms. The number of hydrogen-bond acceptors (Lipinski definition) is 4. The minimum atomic E-state index is -0.551. The standard InChI is InChI=1S/C11H9BrClNO3/c1-6-2-7(12)9(3-8(6)13)14-4-10(15)17-11(16)5-14/h2-3H,4-5H2,1H3. The molecule has 1 fully saturated rings. The Morgan fingerprint density at radius 2 is 1.88 bits per heavy atom. The molecule has 4 nitrogen and oxygen atoms in total. The van der Waals surface area contributed by atoms with Crippen LogP contribution in [0.1, 0.15) is 5.56 Å². The zero-order valence-corrected chi connectivity index (χ0v) is 11.3. The molecule has 6 heteroatoms. The summed E-state index contributed by atoms with van der Waals surface area (Å²) in [5.74, 6) is -1.10. The molecule has 1 saturated heterocycles. The van der Waals surface area contributed by atoms with Gasteiger partial charge in [-0.05, 0) is 40.5 Å². The molecule has 0 aliphatic carbocycles. The Hall–Kier alpha value is -1.07. The molecule has 0 N–H and O–H groups in total. The first-order valence-electron chi connectivity index (χ1n) is 4.91. The second-order valence-electron chi connectivity index (χ2n) is 3.75. The van der Waals surface area contributed by atoms with E-state index in [0.717, 1.165) is 10.0 Å². The smallest absolute Gasteiger partial charge is 0.333 e. The van der Waals surface area contributed by atoms with Gasteiger partial charge in [-0.15, -0.1) is 0 Å². The molecular weight excluding hydrogens is 309 g/mol. The zero-order valence-electron chi connectivity index (χ0n) is 9.00. The predicted octanol–water partition coefficient (Wildman–Crippen LogP) is 2.30. The normalized spacial score (nSPS) is 16.1. The quantitative estimate of drug-likeness (QED) is 0.589. The minimum absolute atomic E-state index is 0.0454. The summed E-state index contributed by atoms with van der Waals surface area (Å²) < 4.78 is 5.26. The lowest BCUT2D eigenvalue weighted by molar-refractivity contribution is -0.160. The lowest BCUT2D eigenvalue weighted by Crippen LogP contribution is -2.43. The van der Waals surface area contributed by atoms with E-state index in [1.807, 2.05) is 13.0 Å². The Balaban J connectivity index is 2.36. The van der Waals surface area contributed by atoms with Crippen molar-refractivity contribution in [3.05, 3.63) is 27.2 Å². The average Bonchev–Trinajstić information content (AvgIpc) is 2.22. The van der Waals surface area contributed by atoms with Crippen LogP contribution in [0.15, 0.2) is 16.6 Å². The predicted molar refractivity (Wildman–Crippen MR) is 67.2 cm³/mol. The third-order valence-corrected chi connectivity index (χ3v) is 3.48. The van der Waals surface area contributed by atoms with E-state index in [0.29, 0.717) is 10.7 Å². The van der Waals surface area contributed by atoms with Gasteiger partial charge in [0.25, 0.3) is 0 Å². The van der Waals surface area contributed by atoms with Crippen molar-refractivity contribution in [3.63, 3.8) is 0 Å². The van der Waals surface area contributed by atoms with Crippen LogP contribution in [0.2, 0.25) is 5.02 Å². The minimum Gasteiger partial charge on any atom is -0.390 e. The summed E-state index contributed by atoms with van der Waals surface area (Å²) in [6.07, 6.45) is 0. The summed E-state index contributed by atoms with van der Waals surface area (Å²) in [6, 6.07) is 3.58. The van der Waals surface area contributed by atoms with Gasteiger partial charge in [0.15, 0.2) is 0 Å². The van der Waals surface area contributed by atoms with Crippen molar-refractivity contribution >= 4 is 45.2 Å². The first-order chi connectivity index (χ1) is 7.97. The average molecular weight is 319 g/mol. The summed E-state index contributed by atoms with van der Waals surface area (Å²) in [6.45, 7) is 1.97. The number of carbonyl (C=O) groups is 2. The van der Waals surface area contributed by atoms with Gasteiger partial charge in [-0.25, -0.2) is 9.59 Å². The van der Waals surface area contributed by atoms with E-state index in [1.54, 1.807) is 11.0 Å². The van der Waals surface area contributed by atoms with Gasteiger partial charge in [-0.1, -0.05) is 11.6 Å². The number of aryl methyl sites for hydroxylation is 1. The Morgan fingerprint density at radius 1 is 1.29 bits per heavy atom. The van der Waals surface area contributed by atoms with Crippen LogP contribution in [0.25, 0.3) is 0 Å². The zero-order chi connectivity index (χ0) is 12.6. The van der Waals surface area contributed by atoms with Crippen LogP contribution in [0, 0.1) is 6.92 Å². The van der Waals surface area contributed by atoms with E-state index in [-0.39, 0.29) is 13.1 Å². The van der Waals surface area contributed by atoms with Crippen LogP contribution in [0.3, 0.4) is 0 Å². The molecule has 1 aliphatic heterocycles. The number of hydrogen-bond donors (Lipinski definition) is 0. The highest BCUT2D eigenvalue weighted by Crippen LogP contribution is 2.32. The number of halogens is 2. The van der Waals surface area contributed by atoms with E-state index in [4.69, 9.17) is 11.6 Å². The van der Waals surface area contributed by atoms with Crippen molar-refractivity contribution in [1.82, 2.24) is 0 Å². The van der Waals surface area contributed by atoms with Crippen molar-refractivity contribution in [3.8, 4) is 0 Å². The molecule has 90 valence electrons. The topological polar surface area (TPSA) is 46.6 Å². The van der Waals surface area contributed by atoms with Crippen molar-refractivity contribution in [1.29, 1.82) is 0 Å². The molecular formula is C11H9BrClNO3. The summed E-state index contributed by atoms with van der Waals surface area (Å²) in [4.78, 5) is 24.0. The van der Waals surface area contributed by atoms with Crippen molar-refractivity contribution in [2.24, 2.45) is 0 Å². The summed E-state index contributed by atoms with van der Waals surface area (Å²) >= 11 is 9.42. The Bertz CT molecular complexity index is 488. The molecule has 0 atom stereocenters. The fourth-order valence-electron chi connectivity index (χ4n) is 1.61. The molecule has 1 aromatic carbocycles. The van der Waals surface area contributed by atoms with E-state index >= 15 is 0 Å². The van der Waals surface area contributed by atoms with Gasteiger partial charge in [0.2, 0.25) is 0 Å². The summed E-state index contributed by atoms with van der Waals surface area (Å²) in [5.41, 5.74) is 1.64. The van der Waals surface area contributed by atoms with E-state index in [2.05, 4.69) is 20.7 Å². The monoisotopic (exact) mass is 317 g/mol. The number of rotatable bonds is 1. The second-order valence-corrected chi connectivity index (χ2v) is 5.02. The van der Waals surface area contributed by atoms with Gasteiger partial charge < -0.3 is 9.64 Å². The number of cyclic esters (lactones) is 2. The van der Waals surface area contributed by atoms with E-state index in [9.17, 15) is 9.59 Å². The SMILES string of the molecule is Cc1cc(Br)c(N2CC(=O)OC(=O)C2)cc1Cl. The Labute approximate surface area is 112 Å². The highest BCUT2D eigenvalue weighted by molar-refractivity contribution is 9.10. The highest BCUT2D eigenvalue weighted by Gasteiger charge is 2.26. The molecule has 1 heterocycles. The molecule has 0 unspecified atom stereocenters. The first-order valence-corrected chi connectivity index (χ1v) is 6.08. The largest absolute Gasteiger partial charge is 0.390 e. The Kier molecular flexibility index (Phi) is 3.40. The van der Waals surface area contributed by atoms with Crippen LogP contribution in [-0.2, 0) is 14.3 Å². The van der Waals surface area contributed by atoms with Gasteiger partial charge >= 0.3 is 11.9 Å². The molecule has 0 saturated carbocycles. The van der Waals surface area contributed by atoms with Gasteiger partial charge in [0.05, 0.1) is 5.69 Å². The van der Waals surface area contributed by atoms with Crippen LogP contribution in [0.5, 0.6) is 0 Å².